The van der Waals surface area contributed by atoms with Crippen molar-refractivity contribution in [3.63, 3.8) is 0 Å². The zero-order valence-electron chi connectivity index (χ0n) is 15.8. The summed E-state index contributed by atoms with van der Waals surface area (Å²) in [7, 11) is -5.01. The van der Waals surface area contributed by atoms with E-state index in [0.29, 0.717) is 17.8 Å². The maximum absolute atomic E-state index is 10.8. The molecule has 3 aliphatic carbocycles. The molecular formula is C18H23Na2O5P. The molecule has 5 atom stereocenters. The van der Waals surface area contributed by atoms with Crippen molar-refractivity contribution in [3.8, 4) is 5.75 Å². The molecule has 1 aromatic rings. The van der Waals surface area contributed by atoms with Crippen molar-refractivity contribution in [2.75, 3.05) is 0 Å². The fourth-order valence-corrected chi connectivity index (χ4v) is 6.09. The standard InChI is InChI=1S/C18H25O5P.2Na/c1-18-9-8-14-13-5-3-12(23-24(20,21)22)10-11(13)2-4-15(14)16(18)6-7-17(18)19;;/h3,5,10,14-17,19H,2,4,6-9H2,1H3,(H2,20,21,22);;/q;2*+1/p-2/t14-,15-,16+,17+,18+;;/m1../s1. The molecule has 3 aliphatic rings. The fraction of sp³-hybridized carbons (Fsp3) is 0.667. The summed E-state index contributed by atoms with van der Waals surface area (Å²) in [6.45, 7) is 2.25. The first-order valence-electron chi connectivity index (χ1n) is 8.80. The predicted octanol–water partition coefficient (Wildman–Crippen LogP) is -3.88. The Morgan fingerprint density at radius 2 is 1.92 bits per heavy atom. The molecule has 0 aliphatic heterocycles. The maximum Gasteiger partial charge on any atom is 1.00 e. The number of aliphatic hydroxyl groups excluding tert-OH is 1. The number of benzene rings is 1. The van der Waals surface area contributed by atoms with E-state index >= 15 is 0 Å². The summed E-state index contributed by atoms with van der Waals surface area (Å²) in [5.41, 5.74) is 2.43. The molecule has 0 spiro atoms. The summed E-state index contributed by atoms with van der Waals surface area (Å²) in [5, 5.41) is 10.4. The molecule has 5 nitrogen and oxygen atoms in total. The molecule has 0 heterocycles. The summed E-state index contributed by atoms with van der Waals surface area (Å²) in [6, 6.07) is 5.25. The largest absolute Gasteiger partial charge is 1.00 e. The van der Waals surface area contributed by atoms with Crippen molar-refractivity contribution in [2.24, 2.45) is 17.3 Å². The first-order chi connectivity index (χ1) is 11.3. The Hall–Kier alpha value is 1.13. The summed E-state index contributed by atoms with van der Waals surface area (Å²) in [6.07, 6.45) is 5.86. The van der Waals surface area contributed by atoms with Crippen molar-refractivity contribution in [1.29, 1.82) is 0 Å². The zero-order chi connectivity index (χ0) is 17.1. The van der Waals surface area contributed by atoms with Gasteiger partial charge in [-0.15, -0.1) is 0 Å². The van der Waals surface area contributed by atoms with Crippen LogP contribution in [0.2, 0.25) is 0 Å². The van der Waals surface area contributed by atoms with Crippen molar-refractivity contribution in [2.45, 2.75) is 57.5 Å². The minimum atomic E-state index is -5.01. The first-order valence-corrected chi connectivity index (χ1v) is 10.3. The molecule has 0 radical (unpaired) electrons. The van der Waals surface area contributed by atoms with Crippen molar-refractivity contribution < 1.29 is 83.1 Å². The van der Waals surface area contributed by atoms with Crippen LogP contribution < -0.4 is 73.4 Å². The number of fused-ring (bicyclic) bond motifs is 5. The van der Waals surface area contributed by atoms with E-state index in [1.54, 1.807) is 12.1 Å². The molecule has 1 N–H and O–H groups in total. The molecule has 0 aromatic heterocycles. The number of phosphoric ester groups is 1. The topological polar surface area (TPSA) is 92.7 Å². The van der Waals surface area contributed by atoms with Crippen LogP contribution in [0.3, 0.4) is 0 Å². The minimum absolute atomic E-state index is 0. The predicted molar refractivity (Wildman–Crippen MR) is 85.3 cm³/mol. The van der Waals surface area contributed by atoms with E-state index in [2.05, 4.69) is 11.4 Å². The molecule has 2 fully saturated rings. The van der Waals surface area contributed by atoms with Gasteiger partial charge in [0, 0.05) is 0 Å². The van der Waals surface area contributed by atoms with Gasteiger partial charge in [0.05, 0.1) is 6.10 Å². The van der Waals surface area contributed by atoms with Crippen LogP contribution in [0.1, 0.15) is 56.1 Å². The SMILES string of the molecule is C[C@]12CC[C@@H]3c4ccc(OP(=O)([O-])[O-])cc4CC[C@H]3[C@@H]1CC[C@@H]2O.[Na+].[Na+]. The molecular weight excluding hydrogens is 373 g/mol. The smallest absolute Gasteiger partial charge is 0.780 e. The maximum atomic E-state index is 10.8. The molecule has 132 valence electrons. The monoisotopic (exact) mass is 396 g/mol. The average molecular weight is 396 g/mol. The van der Waals surface area contributed by atoms with Crippen LogP contribution in [0, 0.1) is 17.3 Å². The van der Waals surface area contributed by atoms with Crippen LogP contribution in [0.15, 0.2) is 18.2 Å². The molecule has 0 bridgehead atoms. The second kappa shape index (κ2) is 8.47. The summed E-state index contributed by atoms with van der Waals surface area (Å²) >= 11 is 0. The molecule has 1 aromatic carbocycles. The van der Waals surface area contributed by atoms with Crippen LogP contribution in [0.4, 0.5) is 0 Å². The molecule has 2 saturated carbocycles. The van der Waals surface area contributed by atoms with E-state index in [4.69, 9.17) is 0 Å². The van der Waals surface area contributed by atoms with E-state index in [1.165, 1.54) is 5.56 Å². The summed E-state index contributed by atoms with van der Waals surface area (Å²) in [5.74, 6) is 1.75. The minimum Gasteiger partial charge on any atom is -0.780 e. The second-order valence-electron chi connectivity index (χ2n) is 7.95. The van der Waals surface area contributed by atoms with Crippen molar-refractivity contribution >= 4 is 7.82 Å². The van der Waals surface area contributed by atoms with E-state index < -0.39 is 7.82 Å². The van der Waals surface area contributed by atoms with Gasteiger partial charge in [0.1, 0.15) is 13.6 Å². The van der Waals surface area contributed by atoms with Crippen LogP contribution in [-0.2, 0) is 11.0 Å². The Morgan fingerprint density at radius 1 is 1.19 bits per heavy atom. The quantitative estimate of drug-likeness (QED) is 0.408. The second-order valence-corrected chi connectivity index (χ2v) is 9.03. The van der Waals surface area contributed by atoms with Gasteiger partial charge in [-0.2, -0.15) is 0 Å². The summed E-state index contributed by atoms with van der Waals surface area (Å²) in [4.78, 5) is 21.6. The third-order valence-electron chi connectivity index (χ3n) is 6.87. The number of hydrogen-bond donors (Lipinski definition) is 1. The number of hydrogen-bond acceptors (Lipinski definition) is 5. The van der Waals surface area contributed by atoms with E-state index in [-0.39, 0.29) is 76.4 Å². The number of aryl methyl sites for hydroxylation is 1. The van der Waals surface area contributed by atoms with Gasteiger partial charge in [0.2, 0.25) is 0 Å². The van der Waals surface area contributed by atoms with E-state index in [9.17, 15) is 19.5 Å². The average Bonchev–Trinajstić information content (AvgIpc) is 2.81. The van der Waals surface area contributed by atoms with Gasteiger partial charge in [-0.1, -0.05) is 13.0 Å². The summed E-state index contributed by atoms with van der Waals surface area (Å²) < 4.78 is 15.3. The normalized spacial score (nSPS) is 35.2. The molecule has 0 amide bonds. The van der Waals surface area contributed by atoms with Crippen LogP contribution in [0.5, 0.6) is 5.75 Å². The van der Waals surface area contributed by atoms with Gasteiger partial charge in [-0.3, -0.25) is 0 Å². The van der Waals surface area contributed by atoms with Gasteiger partial charge in [0.15, 0.2) is 0 Å². The Labute approximate surface area is 199 Å². The number of rotatable bonds is 2. The molecule has 26 heavy (non-hydrogen) atoms. The number of phosphoric acid groups is 1. The van der Waals surface area contributed by atoms with Crippen LogP contribution >= 0.6 is 7.82 Å². The van der Waals surface area contributed by atoms with Gasteiger partial charge in [-0.05, 0) is 85.0 Å². The van der Waals surface area contributed by atoms with E-state index in [0.717, 1.165) is 44.1 Å². The Balaban J connectivity index is 0.00000121. The number of aliphatic hydroxyl groups is 1. The molecule has 0 unspecified atom stereocenters. The van der Waals surface area contributed by atoms with Crippen LogP contribution in [0.25, 0.3) is 0 Å². The Morgan fingerprint density at radius 3 is 2.62 bits per heavy atom. The molecule has 8 heteroatoms. The zero-order valence-corrected chi connectivity index (χ0v) is 20.7. The first kappa shape index (κ1) is 23.4. The third-order valence-corrected chi connectivity index (χ3v) is 7.30. The molecule has 0 saturated heterocycles. The Kier molecular flexibility index (Phi) is 7.63. The van der Waals surface area contributed by atoms with Crippen molar-refractivity contribution in [1.82, 2.24) is 0 Å². The Bertz CT molecular complexity index is 709. The van der Waals surface area contributed by atoms with Gasteiger partial charge in [0.25, 0.3) is 0 Å². The van der Waals surface area contributed by atoms with Gasteiger partial charge < -0.3 is 24.0 Å². The van der Waals surface area contributed by atoms with Gasteiger partial charge in [-0.25, -0.2) is 0 Å². The van der Waals surface area contributed by atoms with Crippen LogP contribution in [-0.4, -0.2) is 11.2 Å². The fourth-order valence-electron chi connectivity index (χ4n) is 5.72. The molecule has 4 rings (SSSR count). The third kappa shape index (κ3) is 4.18. The van der Waals surface area contributed by atoms with E-state index in [1.807, 2.05) is 6.07 Å². The van der Waals surface area contributed by atoms with Crippen molar-refractivity contribution in [3.05, 3.63) is 29.3 Å². The van der Waals surface area contributed by atoms with Gasteiger partial charge >= 0.3 is 59.1 Å².